The van der Waals surface area contributed by atoms with Gasteiger partial charge in [0.05, 0.1) is 6.10 Å². The van der Waals surface area contributed by atoms with Gasteiger partial charge in [-0.3, -0.25) is 0 Å². The Morgan fingerprint density at radius 3 is 2.43 bits per heavy atom. The molecule has 0 saturated heterocycles. The molecule has 0 aliphatic carbocycles. The van der Waals surface area contributed by atoms with E-state index in [-0.39, 0.29) is 6.10 Å². The van der Waals surface area contributed by atoms with Crippen LogP contribution in [0.3, 0.4) is 0 Å². The number of hydrogen-bond donors (Lipinski definition) is 1. The summed E-state index contributed by atoms with van der Waals surface area (Å²) in [7, 11) is 0. The lowest BCUT2D eigenvalue weighted by Gasteiger charge is -2.15. The van der Waals surface area contributed by atoms with Crippen molar-refractivity contribution < 1.29 is 5.11 Å². The largest absolute Gasteiger partial charge is 0.388 e. The minimum Gasteiger partial charge on any atom is -0.388 e. The fourth-order valence-corrected chi connectivity index (χ4v) is 1.80. The summed E-state index contributed by atoms with van der Waals surface area (Å²) in [5.41, 5.74) is 1.04. The van der Waals surface area contributed by atoms with Crippen LogP contribution in [0.1, 0.15) is 44.8 Å². The van der Waals surface area contributed by atoms with Crippen molar-refractivity contribution >= 4 is 0 Å². The molecule has 0 saturated carbocycles. The zero-order valence-corrected chi connectivity index (χ0v) is 9.11. The Bertz CT molecular complexity index is 243. The average Bonchev–Trinajstić information content (AvgIpc) is 2.19. The normalized spacial score (nSPS) is 15.1. The molecule has 1 N–H and O–H groups in total. The highest BCUT2D eigenvalue weighted by molar-refractivity contribution is 5.17. The lowest BCUT2D eigenvalue weighted by Crippen LogP contribution is -2.04. The second-order valence-electron chi connectivity index (χ2n) is 4.06. The highest BCUT2D eigenvalue weighted by Gasteiger charge is 2.10. The van der Waals surface area contributed by atoms with E-state index in [0.717, 1.165) is 12.0 Å². The molecular weight excluding hydrogens is 172 g/mol. The predicted octanol–water partition coefficient (Wildman–Crippen LogP) is 3.55. The van der Waals surface area contributed by atoms with Crippen molar-refractivity contribution in [2.45, 2.75) is 39.2 Å². The monoisotopic (exact) mass is 192 g/mol. The van der Waals surface area contributed by atoms with Crippen LogP contribution in [0.15, 0.2) is 30.3 Å². The van der Waals surface area contributed by atoms with Crippen LogP contribution in [0.4, 0.5) is 0 Å². The van der Waals surface area contributed by atoms with E-state index in [1.54, 1.807) is 0 Å². The predicted molar refractivity (Wildman–Crippen MR) is 60.1 cm³/mol. The lowest BCUT2D eigenvalue weighted by molar-refractivity contribution is 0.145. The van der Waals surface area contributed by atoms with Gasteiger partial charge in [-0.1, -0.05) is 57.0 Å². The van der Waals surface area contributed by atoms with Crippen LogP contribution in [-0.4, -0.2) is 5.11 Å². The molecule has 0 fully saturated rings. The Labute approximate surface area is 86.8 Å². The number of hydrogen-bond acceptors (Lipinski definition) is 1. The zero-order chi connectivity index (χ0) is 10.4. The van der Waals surface area contributed by atoms with Gasteiger partial charge in [-0.25, -0.2) is 0 Å². The molecular formula is C13H20O. The molecule has 1 heteroatoms. The van der Waals surface area contributed by atoms with E-state index in [1.807, 2.05) is 30.3 Å². The van der Waals surface area contributed by atoms with E-state index < -0.39 is 0 Å². The number of aliphatic hydroxyl groups is 1. The summed E-state index contributed by atoms with van der Waals surface area (Å²) in [6.45, 7) is 4.39. The van der Waals surface area contributed by atoms with E-state index in [2.05, 4.69) is 13.8 Å². The Morgan fingerprint density at radius 1 is 1.21 bits per heavy atom. The van der Waals surface area contributed by atoms with Crippen LogP contribution in [0.2, 0.25) is 0 Å². The van der Waals surface area contributed by atoms with Crippen LogP contribution in [-0.2, 0) is 0 Å². The van der Waals surface area contributed by atoms with Crippen molar-refractivity contribution in [3.63, 3.8) is 0 Å². The van der Waals surface area contributed by atoms with Crippen molar-refractivity contribution in [1.82, 2.24) is 0 Å². The molecule has 0 bridgehead atoms. The van der Waals surface area contributed by atoms with Gasteiger partial charge in [0, 0.05) is 0 Å². The first-order valence-electron chi connectivity index (χ1n) is 5.47. The minimum absolute atomic E-state index is 0.294. The maximum Gasteiger partial charge on any atom is 0.0792 e. The summed E-state index contributed by atoms with van der Waals surface area (Å²) < 4.78 is 0. The van der Waals surface area contributed by atoms with Gasteiger partial charge >= 0.3 is 0 Å². The van der Waals surface area contributed by atoms with Crippen LogP contribution in [0.25, 0.3) is 0 Å². The smallest absolute Gasteiger partial charge is 0.0792 e. The molecule has 0 aliphatic rings. The van der Waals surface area contributed by atoms with E-state index >= 15 is 0 Å². The van der Waals surface area contributed by atoms with Crippen molar-refractivity contribution in [1.29, 1.82) is 0 Å². The van der Waals surface area contributed by atoms with E-state index in [9.17, 15) is 5.11 Å². The van der Waals surface area contributed by atoms with Crippen LogP contribution < -0.4 is 0 Å². The molecule has 1 aromatic rings. The van der Waals surface area contributed by atoms with Crippen molar-refractivity contribution in [3.05, 3.63) is 35.9 Å². The third-order valence-electron chi connectivity index (χ3n) is 2.59. The molecule has 78 valence electrons. The molecule has 2 atom stereocenters. The number of rotatable bonds is 5. The zero-order valence-electron chi connectivity index (χ0n) is 9.11. The van der Waals surface area contributed by atoms with E-state index in [4.69, 9.17) is 0 Å². The fraction of sp³-hybridized carbons (Fsp3) is 0.538. The van der Waals surface area contributed by atoms with Crippen LogP contribution >= 0.6 is 0 Å². The van der Waals surface area contributed by atoms with Gasteiger partial charge in [0.2, 0.25) is 0 Å². The quantitative estimate of drug-likeness (QED) is 0.756. The first kappa shape index (κ1) is 11.3. The summed E-state index contributed by atoms with van der Waals surface area (Å²) in [5.74, 6) is 0.607. The molecule has 0 aromatic heterocycles. The Kier molecular flexibility index (Phi) is 4.68. The van der Waals surface area contributed by atoms with Gasteiger partial charge < -0.3 is 5.11 Å². The summed E-state index contributed by atoms with van der Waals surface area (Å²) in [6.07, 6.45) is 2.97. The van der Waals surface area contributed by atoms with E-state index in [0.29, 0.717) is 5.92 Å². The first-order chi connectivity index (χ1) is 6.74. The second kappa shape index (κ2) is 5.82. The highest BCUT2D eigenvalue weighted by Crippen LogP contribution is 2.23. The summed E-state index contributed by atoms with van der Waals surface area (Å²) >= 11 is 0. The second-order valence-corrected chi connectivity index (χ2v) is 4.06. The molecule has 0 heterocycles. The SMILES string of the molecule is CCCC(C)CC(O)c1ccccc1. The molecule has 1 rings (SSSR count). The molecule has 1 aromatic carbocycles. The maximum atomic E-state index is 9.92. The van der Waals surface area contributed by atoms with Crippen LogP contribution in [0.5, 0.6) is 0 Å². The van der Waals surface area contributed by atoms with Gasteiger partial charge in [-0.15, -0.1) is 0 Å². The van der Waals surface area contributed by atoms with Gasteiger partial charge in [-0.05, 0) is 17.9 Å². The maximum absolute atomic E-state index is 9.92. The molecule has 0 radical (unpaired) electrons. The Balaban J connectivity index is 2.46. The average molecular weight is 192 g/mol. The van der Waals surface area contributed by atoms with Crippen molar-refractivity contribution in [3.8, 4) is 0 Å². The molecule has 0 spiro atoms. The molecule has 0 aliphatic heterocycles. The first-order valence-corrected chi connectivity index (χ1v) is 5.47. The van der Waals surface area contributed by atoms with Gasteiger partial charge in [0.15, 0.2) is 0 Å². The Morgan fingerprint density at radius 2 is 1.86 bits per heavy atom. The van der Waals surface area contributed by atoms with E-state index in [1.165, 1.54) is 12.8 Å². The fourth-order valence-electron chi connectivity index (χ4n) is 1.80. The highest BCUT2D eigenvalue weighted by atomic mass is 16.3. The van der Waals surface area contributed by atoms with Crippen molar-refractivity contribution in [2.24, 2.45) is 5.92 Å². The van der Waals surface area contributed by atoms with Crippen LogP contribution in [0, 0.1) is 5.92 Å². The van der Waals surface area contributed by atoms with Gasteiger partial charge in [0.25, 0.3) is 0 Å². The van der Waals surface area contributed by atoms with Gasteiger partial charge in [0.1, 0.15) is 0 Å². The molecule has 14 heavy (non-hydrogen) atoms. The molecule has 1 nitrogen and oxygen atoms in total. The summed E-state index contributed by atoms with van der Waals surface area (Å²) in [6, 6.07) is 9.91. The minimum atomic E-state index is -0.294. The molecule has 2 unspecified atom stereocenters. The van der Waals surface area contributed by atoms with Gasteiger partial charge in [-0.2, -0.15) is 0 Å². The third-order valence-corrected chi connectivity index (χ3v) is 2.59. The van der Waals surface area contributed by atoms with Crippen molar-refractivity contribution in [2.75, 3.05) is 0 Å². The third kappa shape index (κ3) is 3.51. The lowest BCUT2D eigenvalue weighted by atomic mass is 9.95. The standard InChI is InChI=1S/C13H20O/c1-3-7-11(2)10-13(14)12-8-5-4-6-9-12/h4-6,8-9,11,13-14H,3,7,10H2,1-2H3. The summed E-state index contributed by atoms with van der Waals surface area (Å²) in [4.78, 5) is 0. The number of aliphatic hydroxyl groups excluding tert-OH is 1. The topological polar surface area (TPSA) is 20.2 Å². The number of benzene rings is 1. The Hall–Kier alpha value is -0.820. The molecule has 0 amide bonds. The summed E-state index contributed by atoms with van der Waals surface area (Å²) in [5, 5.41) is 9.92.